The van der Waals surface area contributed by atoms with Gasteiger partial charge in [-0.2, -0.15) is 13.2 Å². The van der Waals surface area contributed by atoms with Crippen LogP contribution in [0.5, 0.6) is 0 Å². The van der Waals surface area contributed by atoms with Crippen LogP contribution in [0.1, 0.15) is 18.5 Å². The Morgan fingerprint density at radius 2 is 1.67 bits per heavy atom. The number of hydrogen-bond donors (Lipinski definition) is 2. The molecule has 0 amide bonds. The van der Waals surface area contributed by atoms with E-state index >= 15 is 0 Å². The standard InChI is InChI=1S/C20H20F3N3S/c1-19(20(21,22)23,14-27-18-24-12-13-25-18)17(15-8-4-2-5-9-15)26-16-10-6-3-7-11-16/h2-13,17,26H,14H2,1H3,(H,24,25). The van der Waals surface area contributed by atoms with E-state index in [2.05, 4.69) is 15.3 Å². The van der Waals surface area contributed by atoms with Gasteiger partial charge >= 0.3 is 6.18 Å². The SMILES string of the molecule is CC(CSc1ncc[nH]1)(C(Nc1ccccc1)c1ccccc1)C(F)(F)F. The predicted molar refractivity (Wildman–Crippen MR) is 103 cm³/mol. The first-order valence-electron chi connectivity index (χ1n) is 8.45. The van der Waals surface area contributed by atoms with Crippen LogP contribution in [0.25, 0.3) is 0 Å². The second-order valence-electron chi connectivity index (χ2n) is 6.45. The molecule has 0 radical (unpaired) electrons. The lowest BCUT2D eigenvalue weighted by molar-refractivity contribution is -0.215. The van der Waals surface area contributed by atoms with Gasteiger partial charge < -0.3 is 10.3 Å². The average Bonchev–Trinajstić information content (AvgIpc) is 3.18. The number of anilines is 1. The summed E-state index contributed by atoms with van der Waals surface area (Å²) in [5.41, 5.74) is -0.798. The van der Waals surface area contributed by atoms with E-state index in [1.807, 2.05) is 6.07 Å². The third-order valence-electron chi connectivity index (χ3n) is 4.48. The Balaban J connectivity index is 1.98. The number of H-pyrrole nitrogens is 1. The van der Waals surface area contributed by atoms with Crippen molar-refractivity contribution in [3.63, 3.8) is 0 Å². The number of nitrogens with one attached hydrogen (secondary N) is 2. The van der Waals surface area contributed by atoms with Crippen LogP contribution in [0.2, 0.25) is 0 Å². The van der Waals surface area contributed by atoms with Crippen LogP contribution >= 0.6 is 11.8 Å². The summed E-state index contributed by atoms with van der Waals surface area (Å²) < 4.78 is 42.9. The molecule has 7 heteroatoms. The highest BCUT2D eigenvalue weighted by atomic mass is 32.2. The van der Waals surface area contributed by atoms with Crippen LogP contribution in [-0.2, 0) is 0 Å². The molecule has 3 nitrogen and oxygen atoms in total. The molecule has 0 spiro atoms. The van der Waals surface area contributed by atoms with Crippen molar-refractivity contribution in [2.45, 2.75) is 24.3 Å². The largest absolute Gasteiger partial charge is 0.397 e. The third kappa shape index (κ3) is 4.47. The van der Waals surface area contributed by atoms with Gasteiger partial charge in [-0.05, 0) is 24.6 Å². The average molecular weight is 391 g/mol. The van der Waals surface area contributed by atoms with Crippen molar-refractivity contribution in [2.75, 3.05) is 11.1 Å². The van der Waals surface area contributed by atoms with Gasteiger partial charge in [0.15, 0.2) is 5.16 Å². The zero-order valence-electron chi connectivity index (χ0n) is 14.7. The molecule has 0 fully saturated rings. The number of benzene rings is 2. The quantitative estimate of drug-likeness (QED) is 0.491. The second kappa shape index (κ2) is 8.08. The summed E-state index contributed by atoms with van der Waals surface area (Å²) in [5.74, 6) is -0.177. The molecule has 142 valence electrons. The summed E-state index contributed by atoms with van der Waals surface area (Å²) in [5, 5.41) is 3.58. The van der Waals surface area contributed by atoms with Crippen molar-refractivity contribution in [3.8, 4) is 0 Å². The summed E-state index contributed by atoms with van der Waals surface area (Å²) >= 11 is 1.07. The Morgan fingerprint density at radius 3 is 2.22 bits per heavy atom. The van der Waals surface area contributed by atoms with Gasteiger partial charge in [0.2, 0.25) is 0 Å². The van der Waals surface area contributed by atoms with E-state index in [-0.39, 0.29) is 5.75 Å². The molecule has 2 atom stereocenters. The van der Waals surface area contributed by atoms with Gasteiger partial charge in [-0.15, -0.1) is 0 Å². The maximum absolute atomic E-state index is 14.3. The van der Waals surface area contributed by atoms with Crippen molar-refractivity contribution in [2.24, 2.45) is 5.41 Å². The number of alkyl halides is 3. The lowest BCUT2D eigenvalue weighted by Gasteiger charge is -2.40. The number of rotatable bonds is 7. The topological polar surface area (TPSA) is 40.7 Å². The van der Waals surface area contributed by atoms with Crippen LogP contribution in [-0.4, -0.2) is 21.9 Å². The summed E-state index contributed by atoms with van der Waals surface area (Å²) in [7, 11) is 0. The Bertz CT molecular complexity index is 823. The molecule has 3 rings (SSSR count). The number of thioether (sulfide) groups is 1. The van der Waals surface area contributed by atoms with Crippen LogP contribution in [0.4, 0.5) is 18.9 Å². The Kier molecular flexibility index (Phi) is 5.79. The molecule has 3 aromatic rings. The highest BCUT2D eigenvalue weighted by Crippen LogP contribution is 2.51. The predicted octanol–water partition coefficient (Wildman–Crippen LogP) is 5.92. The van der Waals surface area contributed by atoms with Crippen molar-refractivity contribution in [1.82, 2.24) is 9.97 Å². The van der Waals surface area contributed by atoms with E-state index in [9.17, 15) is 13.2 Å². The molecule has 0 aliphatic rings. The molecule has 0 saturated carbocycles. The van der Waals surface area contributed by atoms with Gasteiger partial charge in [0.25, 0.3) is 0 Å². The fourth-order valence-electron chi connectivity index (χ4n) is 2.83. The number of nitrogens with zero attached hydrogens (tertiary/aromatic N) is 1. The van der Waals surface area contributed by atoms with E-state index in [1.165, 1.54) is 13.1 Å². The smallest absolute Gasteiger partial charge is 0.377 e. The number of aromatic nitrogens is 2. The number of halogens is 3. The van der Waals surface area contributed by atoms with E-state index in [0.717, 1.165) is 11.8 Å². The normalized spacial score (nSPS) is 15.1. The molecular weight excluding hydrogens is 371 g/mol. The number of aromatic amines is 1. The van der Waals surface area contributed by atoms with Crippen LogP contribution in [0, 0.1) is 5.41 Å². The minimum absolute atomic E-state index is 0.177. The Morgan fingerprint density at radius 1 is 1.04 bits per heavy atom. The molecule has 27 heavy (non-hydrogen) atoms. The van der Waals surface area contributed by atoms with Crippen LogP contribution < -0.4 is 5.32 Å². The zero-order chi connectivity index (χ0) is 19.3. The fourth-order valence-corrected chi connectivity index (χ4v) is 3.89. The molecule has 1 heterocycles. The molecule has 0 aliphatic heterocycles. The number of hydrogen-bond acceptors (Lipinski definition) is 3. The van der Waals surface area contributed by atoms with E-state index in [0.29, 0.717) is 16.4 Å². The first-order chi connectivity index (χ1) is 12.9. The number of imidazole rings is 1. The van der Waals surface area contributed by atoms with Gasteiger partial charge in [-0.3, -0.25) is 0 Å². The van der Waals surface area contributed by atoms with Crippen molar-refractivity contribution >= 4 is 17.4 Å². The van der Waals surface area contributed by atoms with Gasteiger partial charge in [0, 0.05) is 23.8 Å². The van der Waals surface area contributed by atoms with Crippen LogP contribution in [0.3, 0.4) is 0 Å². The lowest BCUT2D eigenvalue weighted by Crippen LogP contribution is -2.45. The Labute approximate surface area is 160 Å². The van der Waals surface area contributed by atoms with Crippen molar-refractivity contribution in [3.05, 3.63) is 78.6 Å². The first-order valence-corrected chi connectivity index (χ1v) is 9.44. The summed E-state index contributed by atoms with van der Waals surface area (Å²) in [6.07, 6.45) is -1.29. The minimum atomic E-state index is -4.42. The molecule has 0 saturated heterocycles. The molecule has 0 bridgehead atoms. The Hall–Kier alpha value is -2.41. The van der Waals surface area contributed by atoms with Crippen LogP contribution in [0.15, 0.2) is 78.2 Å². The maximum Gasteiger partial charge on any atom is 0.397 e. The summed E-state index contributed by atoms with van der Waals surface area (Å²) in [4.78, 5) is 6.89. The molecule has 2 unspecified atom stereocenters. The monoisotopic (exact) mass is 391 g/mol. The van der Waals surface area contributed by atoms with E-state index in [4.69, 9.17) is 0 Å². The molecule has 2 N–H and O–H groups in total. The maximum atomic E-state index is 14.3. The molecular formula is C20H20F3N3S. The molecule has 2 aromatic carbocycles. The van der Waals surface area contributed by atoms with E-state index in [1.54, 1.807) is 60.8 Å². The number of para-hydroxylation sites is 1. The molecule has 0 aliphatic carbocycles. The fraction of sp³-hybridized carbons (Fsp3) is 0.250. The lowest BCUT2D eigenvalue weighted by atomic mass is 9.79. The molecule has 1 aromatic heterocycles. The zero-order valence-corrected chi connectivity index (χ0v) is 15.5. The minimum Gasteiger partial charge on any atom is -0.377 e. The van der Waals surface area contributed by atoms with Gasteiger partial charge in [-0.1, -0.05) is 60.3 Å². The van der Waals surface area contributed by atoms with Gasteiger partial charge in [0.05, 0.1) is 11.5 Å². The third-order valence-corrected chi connectivity index (χ3v) is 5.72. The van der Waals surface area contributed by atoms with Gasteiger partial charge in [0.1, 0.15) is 0 Å². The summed E-state index contributed by atoms with van der Waals surface area (Å²) in [6, 6.07) is 16.8. The first kappa shape index (κ1) is 19.4. The van der Waals surface area contributed by atoms with Crippen molar-refractivity contribution < 1.29 is 13.2 Å². The van der Waals surface area contributed by atoms with Gasteiger partial charge in [-0.25, -0.2) is 4.98 Å². The van der Waals surface area contributed by atoms with Crippen molar-refractivity contribution in [1.29, 1.82) is 0 Å². The second-order valence-corrected chi connectivity index (χ2v) is 7.42. The summed E-state index contributed by atoms with van der Waals surface area (Å²) in [6.45, 7) is 1.26. The van der Waals surface area contributed by atoms with E-state index < -0.39 is 17.6 Å². The highest BCUT2D eigenvalue weighted by molar-refractivity contribution is 7.99. The highest BCUT2D eigenvalue weighted by Gasteiger charge is 2.56.